The van der Waals surface area contributed by atoms with Gasteiger partial charge in [-0.2, -0.15) is 0 Å². The Labute approximate surface area is 121 Å². The standard InChI is InChI=1S/C17H26FNO/c1-3-13-7-4-5-10-16(13)20-17(12(2)19)14-8-6-9-15(18)11-14/h6,8-9,11-13,16-17H,3-5,7,10,19H2,1-2H3. The summed E-state index contributed by atoms with van der Waals surface area (Å²) >= 11 is 0. The molecule has 2 rings (SSSR count). The van der Waals surface area contributed by atoms with Gasteiger partial charge in [0, 0.05) is 6.04 Å². The molecule has 4 atom stereocenters. The van der Waals surface area contributed by atoms with E-state index in [0.29, 0.717) is 5.92 Å². The van der Waals surface area contributed by atoms with Crippen molar-refractivity contribution in [1.82, 2.24) is 0 Å². The highest BCUT2D eigenvalue weighted by molar-refractivity contribution is 5.20. The summed E-state index contributed by atoms with van der Waals surface area (Å²) in [7, 11) is 0. The van der Waals surface area contributed by atoms with Gasteiger partial charge in [0.15, 0.2) is 0 Å². The summed E-state index contributed by atoms with van der Waals surface area (Å²) < 4.78 is 19.7. The van der Waals surface area contributed by atoms with E-state index in [1.807, 2.05) is 13.0 Å². The fourth-order valence-corrected chi connectivity index (χ4v) is 3.20. The molecule has 0 aromatic heterocycles. The van der Waals surface area contributed by atoms with E-state index < -0.39 is 0 Å². The molecule has 0 bridgehead atoms. The van der Waals surface area contributed by atoms with Gasteiger partial charge in [0.2, 0.25) is 0 Å². The van der Waals surface area contributed by atoms with Gasteiger partial charge >= 0.3 is 0 Å². The molecular weight excluding hydrogens is 253 g/mol. The van der Waals surface area contributed by atoms with Crippen LogP contribution in [0.2, 0.25) is 0 Å². The zero-order valence-electron chi connectivity index (χ0n) is 12.5. The van der Waals surface area contributed by atoms with Gasteiger partial charge in [0.25, 0.3) is 0 Å². The number of hydrogen-bond acceptors (Lipinski definition) is 2. The van der Waals surface area contributed by atoms with Gasteiger partial charge in [-0.05, 0) is 43.4 Å². The highest BCUT2D eigenvalue weighted by atomic mass is 19.1. The lowest BCUT2D eigenvalue weighted by molar-refractivity contribution is -0.0701. The van der Waals surface area contributed by atoms with Crippen LogP contribution in [0, 0.1) is 11.7 Å². The van der Waals surface area contributed by atoms with E-state index in [1.54, 1.807) is 6.07 Å². The normalized spacial score (nSPS) is 26.2. The van der Waals surface area contributed by atoms with Crippen molar-refractivity contribution in [2.75, 3.05) is 0 Å². The zero-order chi connectivity index (χ0) is 14.5. The largest absolute Gasteiger partial charge is 0.368 e. The lowest BCUT2D eigenvalue weighted by Crippen LogP contribution is -2.35. The number of rotatable bonds is 5. The van der Waals surface area contributed by atoms with Gasteiger partial charge in [0.1, 0.15) is 5.82 Å². The lowest BCUT2D eigenvalue weighted by atomic mass is 9.84. The van der Waals surface area contributed by atoms with Gasteiger partial charge in [-0.3, -0.25) is 0 Å². The minimum atomic E-state index is -0.229. The maximum atomic E-state index is 13.4. The van der Waals surface area contributed by atoms with E-state index in [-0.39, 0.29) is 24.1 Å². The molecule has 1 aromatic rings. The minimum absolute atomic E-state index is 0.142. The van der Waals surface area contributed by atoms with E-state index in [2.05, 4.69) is 6.92 Å². The zero-order valence-corrected chi connectivity index (χ0v) is 12.5. The summed E-state index contributed by atoms with van der Waals surface area (Å²) in [6.45, 7) is 4.15. The SMILES string of the molecule is CCC1CCCCC1OC(c1cccc(F)c1)C(C)N. The van der Waals surface area contributed by atoms with Crippen molar-refractivity contribution in [2.45, 2.75) is 64.2 Å². The Morgan fingerprint density at radius 1 is 1.35 bits per heavy atom. The van der Waals surface area contributed by atoms with Crippen LogP contribution < -0.4 is 5.73 Å². The summed E-state index contributed by atoms with van der Waals surface area (Å²) in [6, 6.07) is 6.48. The van der Waals surface area contributed by atoms with Crippen LogP contribution in [0.15, 0.2) is 24.3 Å². The van der Waals surface area contributed by atoms with Crippen LogP contribution in [0.4, 0.5) is 4.39 Å². The molecule has 0 radical (unpaired) electrons. The molecule has 0 spiro atoms. The summed E-state index contributed by atoms with van der Waals surface area (Å²) in [5, 5.41) is 0. The first-order valence-corrected chi connectivity index (χ1v) is 7.78. The van der Waals surface area contributed by atoms with Gasteiger partial charge in [-0.1, -0.05) is 38.3 Å². The molecule has 0 heterocycles. The van der Waals surface area contributed by atoms with E-state index in [4.69, 9.17) is 10.5 Å². The molecule has 1 fully saturated rings. The van der Waals surface area contributed by atoms with E-state index in [9.17, 15) is 4.39 Å². The van der Waals surface area contributed by atoms with Gasteiger partial charge in [-0.15, -0.1) is 0 Å². The molecule has 1 aliphatic rings. The molecule has 3 heteroatoms. The van der Waals surface area contributed by atoms with Crippen molar-refractivity contribution in [2.24, 2.45) is 11.7 Å². The monoisotopic (exact) mass is 279 g/mol. The molecule has 0 amide bonds. The molecule has 1 saturated carbocycles. The average Bonchev–Trinajstić information content (AvgIpc) is 2.44. The second kappa shape index (κ2) is 7.19. The molecule has 0 saturated heterocycles. The molecular formula is C17H26FNO. The lowest BCUT2D eigenvalue weighted by Gasteiger charge is -2.35. The van der Waals surface area contributed by atoms with Crippen molar-refractivity contribution in [1.29, 1.82) is 0 Å². The third-order valence-corrected chi connectivity index (χ3v) is 4.34. The van der Waals surface area contributed by atoms with Crippen LogP contribution in [-0.4, -0.2) is 12.1 Å². The van der Waals surface area contributed by atoms with Gasteiger partial charge in [0.05, 0.1) is 12.2 Å². The topological polar surface area (TPSA) is 35.2 Å². The average molecular weight is 279 g/mol. The summed E-state index contributed by atoms with van der Waals surface area (Å²) in [5.74, 6) is 0.381. The number of benzene rings is 1. The Morgan fingerprint density at radius 2 is 2.10 bits per heavy atom. The molecule has 1 aliphatic carbocycles. The van der Waals surface area contributed by atoms with Crippen LogP contribution in [0.1, 0.15) is 57.6 Å². The Morgan fingerprint density at radius 3 is 2.75 bits per heavy atom. The fourth-order valence-electron chi connectivity index (χ4n) is 3.20. The molecule has 20 heavy (non-hydrogen) atoms. The highest BCUT2D eigenvalue weighted by Crippen LogP contribution is 2.33. The molecule has 1 aromatic carbocycles. The second-order valence-electron chi connectivity index (χ2n) is 5.96. The highest BCUT2D eigenvalue weighted by Gasteiger charge is 2.29. The van der Waals surface area contributed by atoms with Crippen molar-refractivity contribution in [3.8, 4) is 0 Å². The molecule has 112 valence electrons. The van der Waals surface area contributed by atoms with Crippen LogP contribution in [-0.2, 0) is 4.74 Å². The molecule has 4 unspecified atom stereocenters. The number of halogens is 1. The van der Waals surface area contributed by atoms with E-state index >= 15 is 0 Å². The first-order valence-electron chi connectivity index (χ1n) is 7.78. The first-order chi connectivity index (χ1) is 9.61. The van der Waals surface area contributed by atoms with Crippen LogP contribution in [0.3, 0.4) is 0 Å². The van der Waals surface area contributed by atoms with Crippen molar-refractivity contribution in [3.05, 3.63) is 35.6 Å². The van der Waals surface area contributed by atoms with Crippen LogP contribution in [0.25, 0.3) is 0 Å². The summed E-state index contributed by atoms with van der Waals surface area (Å²) in [6.07, 6.45) is 6.01. The maximum absolute atomic E-state index is 13.4. The minimum Gasteiger partial charge on any atom is -0.368 e. The van der Waals surface area contributed by atoms with Crippen molar-refractivity contribution >= 4 is 0 Å². The van der Waals surface area contributed by atoms with Gasteiger partial charge in [-0.25, -0.2) is 4.39 Å². The Bertz CT molecular complexity index is 421. The number of hydrogen-bond donors (Lipinski definition) is 1. The first kappa shape index (κ1) is 15.5. The van der Waals surface area contributed by atoms with E-state index in [0.717, 1.165) is 18.4 Å². The summed E-state index contributed by atoms with van der Waals surface area (Å²) in [4.78, 5) is 0. The molecule has 2 N–H and O–H groups in total. The Hall–Kier alpha value is -0.930. The summed E-state index contributed by atoms with van der Waals surface area (Å²) in [5.41, 5.74) is 6.92. The predicted molar refractivity (Wildman–Crippen MR) is 79.9 cm³/mol. The fraction of sp³-hybridized carbons (Fsp3) is 0.647. The quantitative estimate of drug-likeness (QED) is 0.876. The second-order valence-corrected chi connectivity index (χ2v) is 5.96. The van der Waals surface area contributed by atoms with Crippen molar-refractivity contribution < 1.29 is 9.13 Å². The third-order valence-electron chi connectivity index (χ3n) is 4.34. The van der Waals surface area contributed by atoms with Crippen LogP contribution in [0.5, 0.6) is 0 Å². The van der Waals surface area contributed by atoms with E-state index in [1.165, 1.54) is 31.4 Å². The predicted octanol–water partition coefficient (Wildman–Crippen LogP) is 4.20. The van der Waals surface area contributed by atoms with Crippen molar-refractivity contribution in [3.63, 3.8) is 0 Å². The Kier molecular flexibility index (Phi) is 5.55. The van der Waals surface area contributed by atoms with Gasteiger partial charge < -0.3 is 10.5 Å². The molecule has 2 nitrogen and oxygen atoms in total. The molecule has 0 aliphatic heterocycles. The number of nitrogens with two attached hydrogens (primary N) is 1. The third kappa shape index (κ3) is 3.80. The number of ether oxygens (including phenoxy) is 1. The maximum Gasteiger partial charge on any atom is 0.123 e. The van der Waals surface area contributed by atoms with Crippen LogP contribution >= 0.6 is 0 Å². The smallest absolute Gasteiger partial charge is 0.123 e. The Balaban J connectivity index is 2.13.